The fraction of sp³-hybridized carbons (Fsp3) is 0.455. The van der Waals surface area contributed by atoms with Gasteiger partial charge in [-0.25, -0.2) is 8.42 Å². The zero-order valence-corrected chi connectivity index (χ0v) is 9.92. The van der Waals surface area contributed by atoms with E-state index in [4.69, 9.17) is 0 Å². The summed E-state index contributed by atoms with van der Waals surface area (Å²) in [5.74, 6) is 0.672. The number of benzene rings is 1. The minimum atomic E-state index is -3.24. The summed E-state index contributed by atoms with van der Waals surface area (Å²) >= 11 is 0. The summed E-state index contributed by atoms with van der Waals surface area (Å²) in [6, 6.07) is 4.59. The molecule has 4 nitrogen and oxygen atoms in total. The third-order valence-electron chi connectivity index (χ3n) is 2.63. The summed E-state index contributed by atoms with van der Waals surface area (Å²) in [5, 5.41) is 9.21. The maximum absolute atomic E-state index is 11.7. The van der Waals surface area contributed by atoms with Crippen molar-refractivity contribution in [2.24, 2.45) is 5.92 Å². The van der Waals surface area contributed by atoms with Crippen molar-refractivity contribution in [2.45, 2.75) is 19.8 Å². The molecule has 16 heavy (non-hydrogen) atoms. The van der Waals surface area contributed by atoms with E-state index in [2.05, 4.69) is 4.72 Å². The van der Waals surface area contributed by atoms with Gasteiger partial charge in [-0.1, -0.05) is 0 Å². The van der Waals surface area contributed by atoms with Crippen LogP contribution in [0.4, 0.5) is 5.69 Å². The van der Waals surface area contributed by atoms with Gasteiger partial charge in [0.05, 0.1) is 11.4 Å². The Kier molecular flexibility index (Phi) is 2.80. The van der Waals surface area contributed by atoms with Crippen LogP contribution in [0.3, 0.4) is 0 Å². The number of phenolic OH excluding ortho intramolecular Hbond substituents is 1. The number of aromatic hydroxyl groups is 1. The molecule has 0 amide bonds. The largest absolute Gasteiger partial charge is 0.508 e. The van der Waals surface area contributed by atoms with Crippen LogP contribution in [0.15, 0.2) is 18.2 Å². The molecule has 0 heterocycles. The van der Waals surface area contributed by atoms with Gasteiger partial charge in [0.25, 0.3) is 0 Å². The Labute approximate surface area is 95.4 Å². The lowest BCUT2D eigenvalue weighted by Gasteiger charge is -2.10. The van der Waals surface area contributed by atoms with Gasteiger partial charge in [0.1, 0.15) is 5.75 Å². The molecule has 0 aromatic heterocycles. The van der Waals surface area contributed by atoms with E-state index >= 15 is 0 Å². The van der Waals surface area contributed by atoms with Crippen LogP contribution in [0.1, 0.15) is 18.4 Å². The third-order valence-corrected chi connectivity index (χ3v) is 4.07. The average Bonchev–Trinajstić information content (AvgIpc) is 2.93. The summed E-state index contributed by atoms with van der Waals surface area (Å²) < 4.78 is 26.0. The summed E-state index contributed by atoms with van der Waals surface area (Å²) in [6.07, 6.45) is 2.02. The Balaban J connectivity index is 2.13. The first kappa shape index (κ1) is 11.3. The number of nitrogens with one attached hydrogen (secondary N) is 1. The van der Waals surface area contributed by atoms with Gasteiger partial charge in [0.2, 0.25) is 10.0 Å². The minimum Gasteiger partial charge on any atom is -0.508 e. The maximum atomic E-state index is 11.7. The molecule has 0 spiro atoms. The predicted octanol–water partition coefficient (Wildman–Crippen LogP) is 1.85. The van der Waals surface area contributed by atoms with E-state index in [0.29, 0.717) is 11.6 Å². The van der Waals surface area contributed by atoms with Gasteiger partial charge in [0, 0.05) is 0 Å². The normalized spacial score (nSPS) is 16.1. The van der Waals surface area contributed by atoms with Crippen LogP contribution in [-0.2, 0) is 10.0 Å². The summed E-state index contributed by atoms with van der Waals surface area (Å²) in [7, 11) is -3.24. The van der Waals surface area contributed by atoms with E-state index in [9.17, 15) is 13.5 Å². The Bertz CT molecular complexity index is 492. The molecule has 1 aromatic carbocycles. The van der Waals surface area contributed by atoms with Crippen LogP contribution < -0.4 is 4.72 Å². The van der Waals surface area contributed by atoms with Crippen molar-refractivity contribution in [3.8, 4) is 5.75 Å². The zero-order chi connectivity index (χ0) is 11.8. The second-order valence-electron chi connectivity index (χ2n) is 4.33. The number of phenols is 1. The molecule has 1 fully saturated rings. The molecule has 88 valence electrons. The fourth-order valence-electron chi connectivity index (χ4n) is 1.57. The molecule has 1 aliphatic rings. The maximum Gasteiger partial charge on any atom is 0.233 e. The first-order valence-electron chi connectivity index (χ1n) is 5.26. The van der Waals surface area contributed by atoms with Crippen molar-refractivity contribution in [1.29, 1.82) is 0 Å². The van der Waals surface area contributed by atoms with Gasteiger partial charge < -0.3 is 5.11 Å². The van der Waals surface area contributed by atoms with E-state index in [1.807, 2.05) is 0 Å². The van der Waals surface area contributed by atoms with Crippen molar-refractivity contribution in [3.05, 3.63) is 23.8 Å². The molecule has 0 saturated heterocycles. The molecular formula is C11H15NO3S. The summed E-state index contributed by atoms with van der Waals surface area (Å²) in [6.45, 7) is 1.76. The van der Waals surface area contributed by atoms with Gasteiger partial charge in [-0.05, 0) is 49.4 Å². The van der Waals surface area contributed by atoms with Crippen molar-refractivity contribution in [1.82, 2.24) is 0 Å². The number of anilines is 1. The molecular weight excluding hydrogens is 226 g/mol. The summed E-state index contributed by atoms with van der Waals surface area (Å²) in [5.41, 5.74) is 1.26. The van der Waals surface area contributed by atoms with Gasteiger partial charge in [0.15, 0.2) is 0 Å². The van der Waals surface area contributed by atoms with Crippen molar-refractivity contribution >= 4 is 15.7 Å². The molecule has 0 unspecified atom stereocenters. The van der Waals surface area contributed by atoms with Crippen LogP contribution >= 0.6 is 0 Å². The summed E-state index contributed by atoms with van der Waals surface area (Å²) in [4.78, 5) is 0. The Hall–Kier alpha value is -1.23. The highest BCUT2D eigenvalue weighted by Crippen LogP contribution is 2.31. The van der Waals surface area contributed by atoms with Crippen molar-refractivity contribution in [2.75, 3.05) is 10.5 Å². The zero-order valence-electron chi connectivity index (χ0n) is 9.10. The molecule has 1 saturated carbocycles. The molecule has 0 radical (unpaired) electrons. The third kappa shape index (κ3) is 2.88. The smallest absolute Gasteiger partial charge is 0.233 e. The number of sulfonamides is 1. The Morgan fingerprint density at radius 3 is 2.69 bits per heavy atom. The standard InChI is InChI=1S/C11H15NO3S/c1-8-6-10(13)4-5-11(8)12-16(14,15)7-9-2-3-9/h4-6,9,12-13H,2-3,7H2,1H3. The highest BCUT2D eigenvalue weighted by Gasteiger charge is 2.28. The second-order valence-corrected chi connectivity index (χ2v) is 6.09. The monoisotopic (exact) mass is 241 g/mol. The minimum absolute atomic E-state index is 0.141. The van der Waals surface area contributed by atoms with Crippen LogP contribution in [0.2, 0.25) is 0 Å². The van der Waals surface area contributed by atoms with E-state index in [1.165, 1.54) is 12.1 Å². The molecule has 1 aromatic rings. The van der Waals surface area contributed by atoms with Crippen molar-refractivity contribution < 1.29 is 13.5 Å². The quantitative estimate of drug-likeness (QED) is 0.791. The number of hydrogen-bond donors (Lipinski definition) is 2. The van der Waals surface area contributed by atoms with Crippen LogP contribution in [0.5, 0.6) is 5.75 Å². The topological polar surface area (TPSA) is 66.4 Å². The van der Waals surface area contributed by atoms with Gasteiger partial charge in [-0.2, -0.15) is 0 Å². The van der Waals surface area contributed by atoms with Crippen LogP contribution in [0, 0.1) is 12.8 Å². The lowest BCUT2D eigenvalue weighted by molar-refractivity contribution is 0.475. The fourth-order valence-corrected chi connectivity index (χ4v) is 3.17. The predicted molar refractivity (Wildman–Crippen MR) is 63.0 cm³/mol. The first-order valence-corrected chi connectivity index (χ1v) is 6.91. The average molecular weight is 241 g/mol. The molecule has 0 aliphatic heterocycles. The molecule has 0 atom stereocenters. The van der Waals surface area contributed by atoms with Gasteiger partial charge >= 0.3 is 0 Å². The van der Waals surface area contributed by atoms with Crippen molar-refractivity contribution in [3.63, 3.8) is 0 Å². The number of aryl methyl sites for hydroxylation is 1. The second kappa shape index (κ2) is 3.97. The van der Waals surface area contributed by atoms with E-state index in [1.54, 1.807) is 13.0 Å². The highest BCUT2D eigenvalue weighted by molar-refractivity contribution is 7.92. The van der Waals surface area contributed by atoms with Crippen LogP contribution in [0.25, 0.3) is 0 Å². The lowest BCUT2D eigenvalue weighted by Crippen LogP contribution is -2.18. The SMILES string of the molecule is Cc1cc(O)ccc1NS(=O)(=O)CC1CC1. The molecule has 5 heteroatoms. The molecule has 2 rings (SSSR count). The van der Waals surface area contributed by atoms with Crippen LogP contribution in [-0.4, -0.2) is 19.3 Å². The Morgan fingerprint density at radius 1 is 1.44 bits per heavy atom. The first-order chi connectivity index (χ1) is 7.46. The molecule has 2 N–H and O–H groups in total. The van der Waals surface area contributed by atoms with E-state index in [-0.39, 0.29) is 11.5 Å². The highest BCUT2D eigenvalue weighted by atomic mass is 32.2. The lowest BCUT2D eigenvalue weighted by atomic mass is 10.2. The van der Waals surface area contributed by atoms with E-state index < -0.39 is 10.0 Å². The van der Waals surface area contributed by atoms with Gasteiger partial charge in [-0.15, -0.1) is 0 Å². The molecule has 1 aliphatic carbocycles. The Morgan fingerprint density at radius 2 is 2.12 bits per heavy atom. The number of rotatable bonds is 4. The van der Waals surface area contributed by atoms with E-state index in [0.717, 1.165) is 18.4 Å². The van der Waals surface area contributed by atoms with Gasteiger partial charge in [-0.3, -0.25) is 4.72 Å². The number of hydrogen-bond acceptors (Lipinski definition) is 3. The molecule has 0 bridgehead atoms.